The van der Waals surface area contributed by atoms with Gasteiger partial charge in [0.2, 0.25) is 5.91 Å². The zero-order chi connectivity index (χ0) is 14.9. The third-order valence-corrected chi connectivity index (χ3v) is 5.24. The van der Waals surface area contributed by atoms with E-state index in [2.05, 4.69) is 37.9 Å². The van der Waals surface area contributed by atoms with Crippen molar-refractivity contribution in [3.8, 4) is 0 Å². The van der Waals surface area contributed by atoms with Crippen LogP contribution in [-0.2, 0) is 4.79 Å². The van der Waals surface area contributed by atoms with Crippen molar-refractivity contribution in [3.05, 3.63) is 0 Å². The predicted octanol–water partition coefficient (Wildman–Crippen LogP) is 1.74. The van der Waals surface area contributed by atoms with E-state index in [1.54, 1.807) is 0 Å². The fourth-order valence-corrected chi connectivity index (χ4v) is 4.00. The average Bonchev–Trinajstić information content (AvgIpc) is 2.94. The van der Waals surface area contributed by atoms with E-state index in [9.17, 15) is 4.79 Å². The Balaban J connectivity index is 1.99. The summed E-state index contributed by atoms with van der Waals surface area (Å²) < 4.78 is 0. The van der Waals surface area contributed by atoms with Gasteiger partial charge in [-0.1, -0.05) is 13.8 Å². The van der Waals surface area contributed by atoms with E-state index in [0.29, 0.717) is 12.1 Å². The van der Waals surface area contributed by atoms with Gasteiger partial charge in [-0.25, -0.2) is 0 Å². The van der Waals surface area contributed by atoms with Gasteiger partial charge >= 0.3 is 0 Å². The lowest BCUT2D eigenvalue weighted by Gasteiger charge is -2.31. The fourth-order valence-electron chi connectivity index (χ4n) is 4.00. The lowest BCUT2D eigenvalue weighted by molar-refractivity contribution is -0.124. The molecule has 0 radical (unpaired) electrons. The number of amides is 1. The van der Waals surface area contributed by atoms with Crippen LogP contribution in [0.5, 0.6) is 0 Å². The first-order valence-corrected chi connectivity index (χ1v) is 8.15. The van der Waals surface area contributed by atoms with Gasteiger partial charge in [0, 0.05) is 18.6 Å². The summed E-state index contributed by atoms with van der Waals surface area (Å²) in [4.78, 5) is 14.5. The molecular formula is C16H31N3O. The van der Waals surface area contributed by atoms with Gasteiger partial charge in [0.1, 0.15) is 0 Å². The Morgan fingerprint density at radius 1 is 1.30 bits per heavy atom. The van der Waals surface area contributed by atoms with Crippen LogP contribution in [0.4, 0.5) is 0 Å². The van der Waals surface area contributed by atoms with Crippen molar-refractivity contribution >= 4 is 5.91 Å². The number of primary amides is 1. The Hall–Kier alpha value is -0.610. The molecule has 116 valence electrons. The van der Waals surface area contributed by atoms with Crippen LogP contribution in [-0.4, -0.2) is 41.5 Å². The molecule has 20 heavy (non-hydrogen) atoms. The molecule has 2 aliphatic rings. The molecule has 0 bridgehead atoms. The first-order chi connectivity index (χ1) is 9.34. The lowest BCUT2D eigenvalue weighted by Crippen LogP contribution is -2.56. The summed E-state index contributed by atoms with van der Waals surface area (Å²) in [6.45, 7) is 11.2. The van der Waals surface area contributed by atoms with Gasteiger partial charge in [-0.05, 0) is 57.9 Å². The van der Waals surface area contributed by atoms with Crippen molar-refractivity contribution in [2.75, 3.05) is 13.1 Å². The first-order valence-electron chi connectivity index (χ1n) is 8.15. The van der Waals surface area contributed by atoms with Gasteiger partial charge in [0.15, 0.2) is 0 Å². The predicted molar refractivity (Wildman–Crippen MR) is 82.4 cm³/mol. The molecular weight excluding hydrogens is 250 g/mol. The van der Waals surface area contributed by atoms with E-state index in [1.807, 2.05) is 0 Å². The molecule has 2 rings (SSSR count). The molecule has 0 aromatic rings. The van der Waals surface area contributed by atoms with Crippen LogP contribution in [0, 0.1) is 11.8 Å². The monoisotopic (exact) mass is 281 g/mol. The second-order valence-electron chi connectivity index (χ2n) is 7.43. The van der Waals surface area contributed by atoms with E-state index in [1.165, 1.54) is 19.5 Å². The van der Waals surface area contributed by atoms with Crippen molar-refractivity contribution in [2.45, 2.75) is 71.0 Å². The first kappa shape index (κ1) is 15.8. The number of hydrogen-bond donors (Lipinski definition) is 2. The van der Waals surface area contributed by atoms with Crippen molar-refractivity contribution < 1.29 is 4.79 Å². The summed E-state index contributed by atoms with van der Waals surface area (Å²) in [5, 5.41) is 3.44. The minimum absolute atomic E-state index is 0.173. The second kappa shape index (κ2) is 6.02. The van der Waals surface area contributed by atoms with E-state index in [0.717, 1.165) is 31.1 Å². The highest BCUT2D eigenvalue weighted by Crippen LogP contribution is 2.36. The largest absolute Gasteiger partial charge is 0.368 e. The summed E-state index contributed by atoms with van der Waals surface area (Å²) in [5.41, 5.74) is 5.22. The molecule has 1 aliphatic heterocycles. The SMILES string of the molecule is CC(C)NC1(C(N)=O)CCC(N2CCC(C(C)C)C2)C1. The van der Waals surface area contributed by atoms with Crippen molar-refractivity contribution in [3.63, 3.8) is 0 Å². The normalized spacial score (nSPS) is 35.3. The molecule has 3 N–H and O–H groups in total. The summed E-state index contributed by atoms with van der Waals surface area (Å²) in [6, 6.07) is 0.820. The molecule has 1 saturated heterocycles. The summed E-state index contributed by atoms with van der Waals surface area (Å²) in [6.07, 6.45) is 4.15. The number of carbonyl (C=O) groups excluding carboxylic acids is 1. The molecule has 1 saturated carbocycles. The molecule has 1 heterocycles. The third-order valence-electron chi connectivity index (χ3n) is 5.24. The molecule has 0 spiro atoms. The van der Waals surface area contributed by atoms with Gasteiger partial charge in [0.05, 0.1) is 5.54 Å². The number of nitrogens with zero attached hydrogens (tertiary/aromatic N) is 1. The highest BCUT2D eigenvalue weighted by Gasteiger charge is 2.46. The van der Waals surface area contributed by atoms with Crippen LogP contribution in [0.15, 0.2) is 0 Å². The van der Waals surface area contributed by atoms with E-state index in [4.69, 9.17) is 5.73 Å². The molecule has 1 amide bonds. The Kier molecular flexibility index (Phi) is 4.75. The number of rotatable bonds is 5. The van der Waals surface area contributed by atoms with Crippen LogP contribution in [0.2, 0.25) is 0 Å². The Labute approximate surface area is 123 Å². The van der Waals surface area contributed by atoms with Gasteiger partial charge in [-0.2, -0.15) is 0 Å². The fraction of sp³-hybridized carbons (Fsp3) is 0.938. The van der Waals surface area contributed by atoms with Crippen LogP contribution in [0.25, 0.3) is 0 Å². The topological polar surface area (TPSA) is 58.4 Å². The number of nitrogens with two attached hydrogens (primary N) is 1. The number of nitrogens with one attached hydrogen (secondary N) is 1. The Bertz CT molecular complexity index is 356. The number of carbonyl (C=O) groups is 1. The van der Waals surface area contributed by atoms with Crippen molar-refractivity contribution in [1.82, 2.24) is 10.2 Å². The summed E-state index contributed by atoms with van der Waals surface area (Å²) >= 11 is 0. The maximum atomic E-state index is 11.9. The zero-order valence-corrected chi connectivity index (χ0v) is 13.5. The van der Waals surface area contributed by atoms with Crippen molar-refractivity contribution in [1.29, 1.82) is 0 Å². The summed E-state index contributed by atoms with van der Waals surface area (Å²) in [5.74, 6) is 1.40. The highest BCUT2D eigenvalue weighted by molar-refractivity contribution is 5.85. The van der Waals surface area contributed by atoms with Gasteiger partial charge in [0.25, 0.3) is 0 Å². The lowest BCUT2D eigenvalue weighted by atomic mass is 9.94. The number of hydrogen-bond acceptors (Lipinski definition) is 3. The van der Waals surface area contributed by atoms with Gasteiger partial charge in [-0.3, -0.25) is 4.79 Å². The minimum atomic E-state index is -0.477. The van der Waals surface area contributed by atoms with Crippen molar-refractivity contribution in [2.24, 2.45) is 17.6 Å². The summed E-state index contributed by atoms with van der Waals surface area (Å²) in [7, 11) is 0. The molecule has 1 aliphatic carbocycles. The third kappa shape index (κ3) is 3.17. The molecule has 0 aromatic carbocycles. The molecule has 4 nitrogen and oxygen atoms in total. The molecule has 3 unspecified atom stereocenters. The smallest absolute Gasteiger partial charge is 0.237 e. The van der Waals surface area contributed by atoms with Crippen LogP contribution >= 0.6 is 0 Å². The standard InChI is InChI=1S/C16H31N3O/c1-11(2)13-6-8-19(10-13)14-5-7-16(9-14,15(17)20)18-12(3)4/h11-14,18H,5-10H2,1-4H3,(H2,17,20). The molecule has 2 fully saturated rings. The molecule has 4 heteroatoms. The van der Waals surface area contributed by atoms with Crippen LogP contribution < -0.4 is 11.1 Å². The minimum Gasteiger partial charge on any atom is -0.368 e. The number of likely N-dealkylation sites (tertiary alicyclic amines) is 1. The molecule has 0 aromatic heterocycles. The molecule has 3 atom stereocenters. The maximum absolute atomic E-state index is 11.9. The Morgan fingerprint density at radius 3 is 2.50 bits per heavy atom. The Morgan fingerprint density at radius 2 is 2.00 bits per heavy atom. The highest BCUT2D eigenvalue weighted by atomic mass is 16.1. The van der Waals surface area contributed by atoms with Gasteiger partial charge < -0.3 is 16.0 Å². The van der Waals surface area contributed by atoms with Gasteiger partial charge in [-0.15, -0.1) is 0 Å². The van der Waals surface area contributed by atoms with E-state index < -0.39 is 5.54 Å². The van der Waals surface area contributed by atoms with E-state index >= 15 is 0 Å². The average molecular weight is 281 g/mol. The zero-order valence-electron chi connectivity index (χ0n) is 13.5. The quantitative estimate of drug-likeness (QED) is 0.807. The second-order valence-corrected chi connectivity index (χ2v) is 7.43. The van der Waals surface area contributed by atoms with Crippen LogP contribution in [0.1, 0.15) is 53.4 Å². The maximum Gasteiger partial charge on any atom is 0.237 e. The van der Waals surface area contributed by atoms with Crippen LogP contribution in [0.3, 0.4) is 0 Å². The van der Waals surface area contributed by atoms with E-state index in [-0.39, 0.29) is 5.91 Å².